The van der Waals surface area contributed by atoms with Crippen molar-refractivity contribution in [3.05, 3.63) is 42.5 Å². The third-order valence-electron chi connectivity index (χ3n) is 5.44. The second-order valence-electron chi connectivity index (χ2n) is 7.48. The Balaban J connectivity index is 0.000000817. The second-order valence-corrected chi connectivity index (χ2v) is 7.48. The van der Waals surface area contributed by atoms with Gasteiger partial charge < -0.3 is 4.90 Å². The van der Waals surface area contributed by atoms with Gasteiger partial charge in [0.15, 0.2) is 0 Å². The molecule has 1 saturated heterocycles. The average molecular weight is 383 g/mol. The van der Waals surface area contributed by atoms with Gasteiger partial charge >= 0.3 is 6.18 Å². The van der Waals surface area contributed by atoms with Crippen molar-refractivity contribution >= 4 is 5.69 Å². The first-order valence-corrected chi connectivity index (χ1v) is 10.2. The van der Waals surface area contributed by atoms with E-state index >= 15 is 0 Å². The third-order valence-corrected chi connectivity index (χ3v) is 5.44. The van der Waals surface area contributed by atoms with Gasteiger partial charge in [0.1, 0.15) is 0 Å². The molecule has 0 spiro atoms. The van der Waals surface area contributed by atoms with Crippen LogP contribution in [0, 0.1) is 0 Å². The zero-order valence-corrected chi connectivity index (χ0v) is 16.5. The molecule has 0 bridgehead atoms. The fourth-order valence-corrected chi connectivity index (χ4v) is 4.02. The number of hydrogen-bond donors (Lipinski definition) is 0. The van der Waals surface area contributed by atoms with Crippen molar-refractivity contribution in [2.45, 2.75) is 64.1 Å². The van der Waals surface area contributed by atoms with E-state index in [0.717, 1.165) is 32.2 Å². The molecule has 0 aromatic heterocycles. The van der Waals surface area contributed by atoms with Gasteiger partial charge in [-0.1, -0.05) is 44.2 Å². The number of alkyl halides is 3. The van der Waals surface area contributed by atoms with Crippen molar-refractivity contribution in [3.8, 4) is 0 Å². The number of nitrogens with zero attached hydrogens (tertiary/aromatic N) is 2. The van der Waals surface area contributed by atoms with E-state index in [9.17, 15) is 13.2 Å². The first-order chi connectivity index (χ1) is 13.0. The summed E-state index contributed by atoms with van der Waals surface area (Å²) < 4.78 is 38.7. The Hall–Kier alpha value is -1.49. The van der Waals surface area contributed by atoms with Crippen LogP contribution in [0.4, 0.5) is 18.9 Å². The molecule has 2 aliphatic rings. The van der Waals surface area contributed by atoms with Crippen LogP contribution in [0.3, 0.4) is 0 Å². The Morgan fingerprint density at radius 1 is 0.963 bits per heavy atom. The van der Waals surface area contributed by atoms with E-state index in [1.807, 2.05) is 6.92 Å². The predicted molar refractivity (Wildman–Crippen MR) is 107 cm³/mol. The summed E-state index contributed by atoms with van der Waals surface area (Å²) in [6.07, 6.45) is 6.75. The molecule has 1 aromatic rings. The number of halogens is 3. The third kappa shape index (κ3) is 6.87. The molecule has 5 heteroatoms. The van der Waals surface area contributed by atoms with Crippen LogP contribution in [-0.4, -0.2) is 37.1 Å². The van der Waals surface area contributed by atoms with Crippen LogP contribution >= 0.6 is 0 Å². The maximum Gasteiger partial charge on any atom is 0.416 e. The topological polar surface area (TPSA) is 6.48 Å². The van der Waals surface area contributed by atoms with Crippen molar-refractivity contribution < 1.29 is 13.2 Å². The zero-order valence-electron chi connectivity index (χ0n) is 16.5. The summed E-state index contributed by atoms with van der Waals surface area (Å²) in [5.41, 5.74) is 0.143. The molecule has 1 heterocycles. The van der Waals surface area contributed by atoms with Gasteiger partial charge in [-0.25, -0.2) is 0 Å². The highest BCUT2D eigenvalue weighted by Crippen LogP contribution is 2.32. The number of piperazine rings is 1. The zero-order chi connectivity index (χ0) is 19.7. The van der Waals surface area contributed by atoms with E-state index in [0.29, 0.717) is 11.7 Å². The molecule has 0 unspecified atom stereocenters. The molecule has 0 radical (unpaired) electrons. The normalized spacial score (nSPS) is 20.2. The number of anilines is 1. The summed E-state index contributed by atoms with van der Waals surface area (Å²) in [4.78, 5) is 4.66. The lowest BCUT2D eigenvalue weighted by Crippen LogP contribution is -2.50. The molecule has 152 valence electrons. The molecular formula is C22H33F3N2. The molecule has 3 rings (SSSR count). The Bertz CT molecular complexity index is 555. The lowest BCUT2D eigenvalue weighted by Gasteiger charge is -2.41. The highest BCUT2D eigenvalue weighted by molar-refractivity contribution is 5.49. The lowest BCUT2D eigenvalue weighted by atomic mass is 9.95. The molecule has 0 atom stereocenters. The molecule has 0 amide bonds. The Labute approximate surface area is 162 Å². The van der Waals surface area contributed by atoms with Gasteiger partial charge in [-0.3, -0.25) is 4.90 Å². The summed E-state index contributed by atoms with van der Waals surface area (Å²) in [7, 11) is 0. The summed E-state index contributed by atoms with van der Waals surface area (Å²) in [5.74, 6) is 0. The standard InChI is InChI=1S/C19H27F3N2.C3H6/c20-19(21,22)16-7-6-10-18(15-16)24-13-11-23(12-14-24)17-8-4-2-1-3-5-9-17;1-3-2/h6-7,10,15,17H,1-5,8-9,11-14H2;3H,1H2,2H3. The minimum Gasteiger partial charge on any atom is -0.369 e. The highest BCUT2D eigenvalue weighted by atomic mass is 19.4. The van der Waals surface area contributed by atoms with Crippen LogP contribution in [0.5, 0.6) is 0 Å². The summed E-state index contributed by atoms with van der Waals surface area (Å²) in [6.45, 7) is 8.80. The van der Waals surface area contributed by atoms with Gasteiger partial charge in [-0.2, -0.15) is 13.2 Å². The fraction of sp³-hybridized carbons (Fsp3) is 0.636. The summed E-state index contributed by atoms with van der Waals surface area (Å²) in [6, 6.07) is 6.41. The van der Waals surface area contributed by atoms with E-state index in [1.165, 1.54) is 57.1 Å². The van der Waals surface area contributed by atoms with Crippen molar-refractivity contribution in [2.75, 3.05) is 31.1 Å². The van der Waals surface area contributed by atoms with E-state index < -0.39 is 11.7 Å². The molecule has 2 nitrogen and oxygen atoms in total. The number of benzene rings is 1. The minimum atomic E-state index is -4.27. The second kappa shape index (κ2) is 10.7. The van der Waals surface area contributed by atoms with Crippen LogP contribution in [-0.2, 0) is 6.18 Å². The Morgan fingerprint density at radius 3 is 2.07 bits per heavy atom. The van der Waals surface area contributed by atoms with E-state index in [4.69, 9.17) is 0 Å². The maximum atomic E-state index is 12.9. The van der Waals surface area contributed by atoms with Crippen LogP contribution in [0.25, 0.3) is 0 Å². The number of allylic oxidation sites excluding steroid dienone is 1. The Kier molecular flexibility index (Phi) is 8.68. The number of hydrogen-bond acceptors (Lipinski definition) is 2. The van der Waals surface area contributed by atoms with Gasteiger partial charge in [0, 0.05) is 37.9 Å². The molecule has 2 fully saturated rings. The highest BCUT2D eigenvalue weighted by Gasteiger charge is 2.31. The van der Waals surface area contributed by atoms with Gasteiger partial charge in [-0.15, -0.1) is 6.58 Å². The average Bonchev–Trinajstić information content (AvgIpc) is 2.62. The molecule has 27 heavy (non-hydrogen) atoms. The van der Waals surface area contributed by atoms with E-state index in [1.54, 1.807) is 12.1 Å². The van der Waals surface area contributed by atoms with Crippen LogP contribution in [0.1, 0.15) is 57.4 Å². The van der Waals surface area contributed by atoms with Gasteiger partial charge in [0.25, 0.3) is 0 Å². The SMILES string of the molecule is C=CC.FC(F)(F)c1cccc(N2CCN(C3CCCCCCC3)CC2)c1. The molecular weight excluding hydrogens is 349 g/mol. The maximum absolute atomic E-state index is 12.9. The van der Waals surface area contributed by atoms with Crippen LogP contribution in [0.2, 0.25) is 0 Å². The smallest absolute Gasteiger partial charge is 0.369 e. The van der Waals surface area contributed by atoms with Gasteiger partial charge in [0.2, 0.25) is 0 Å². The molecule has 1 saturated carbocycles. The molecule has 1 aromatic carbocycles. The minimum absolute atomic E-state index is 0.553. The van der Waals surface area contributed by atoms with Gasteiger partial charge in [0.05, 0.1) is 5.56 Å². The fourth-order valence-electron chi connectivity index (χ4n) is 4.02. The Morgan fingerprint density at radius 2 is 1.52 bits per heavy atom. The van der Waals surface area contributed by atoms with Crippen molar-refractivity contribution in [2.24, 2.45) is 0 Å². The molecule has 0 N–H and O–H groups in total. The van der Waals surface area contributed by atoms with Crippen LogP contribution < -0.4 is 4.90 Å². The first kappa shape index (κ1) is 21.8. The van der Waals surface area contributed by atoms with E-state index in [2.05, 4.69) is 16.4 Å². The molecule has 1 aliphatic heterocycles. The summed E-state index contributed by atoms with van der Waals surface area (Å²) in [5, 5.41) is 0. The first-order valence-electron chi connectivity index (χ1n) is 10.2. The van der Waals surface area contributed by atoms with Gasteiger partial charge in [-0.05, 0) is 38.0 Å². The van der Waals surface area contributed by atoms with Crippen molar-refractivity contribution in [1.29, 1.82) is 0 Å². The van der Waals surface area contributed by atoms with Crippen molar-refractivity contribution in [3.63, 3.8) is 0 Å². The quantitative estimate of drug-likeness (QED) is 0.568. The summed E-state index contributed by atoms with van der Waals surface area (Å²) >= 11 is 0. The molecule has 1 aliphatic carbocycles. The van der Waals surface area contributed by atoms with Crippen LogP contribution in [0.15, 0.2) is 36.9 Å². The largest absolute Gasteiger partial charge is 0.416 e. The van der Waals surface area contributed by atoms with E-state index in [-0.39, 0.29) is 0 Å². The van der Waals surface area contributed by atoms with Crippen molar-refractivity contribution in [1.82, 2.24) is 4.90 Å². The monoisotopic (exact) mass is 382 g/mol. The predicted octanol–water partition coefficient (Wildman–Crippen LogP) is 6.13. The lowest BCUT2D eigenvalue weighted by molar-refractivity contribution is -0.137. The number of rotatable bonds is 2.